The number of furan rings is 1. The van der Waals surface area contributed by atoms with Crippen molar-refractivity contribution in [2.75, 3.05) is 11.9 Å². The molecule has 1 aliphatic rings. The molecule has 0 radical (unpaired) electrons. The monoisotopic (exact) mass is 304 g/mol. The van der Waals surface area contributed by atoms with Crippen LogP contribution in [0, 0.1) is 5.92 Å². The van der Waals surface area contributed by atoms with E-state index in [0.29, 0.717) is 15.8 Å². The number of carbonyl (C=O) groups excluding carboxylic acids is 2. The van der Waals surface area contributed by atoms with E-state index in [0.717, 1.165) is 6.54 Å². The second kappa shape index (κ2) is 6.13. The van der Waals surface area contributed by atoms with E-state index < -0.39 is 0 Å². The minimum absolute atomic E-state index is 0.0783. The van der Waals surface area contributed by atoms with E-state index in [1.165, 1.54) is 36.9 Å². The number of nitrogens with one attached hydrogen (secondary N) is 2. The Morgan fingerprint density at radius 1 is 1.24 bits per heavy atom. The molecule has 5 nitrogen and oxygen atoms in total. The third-order valence-electron chi connectivity index (χ3n) is 3.59. The van der Waals surface area contributed by atoms with Crippen molar-refractivity contribution in [2.24, 2.45) is 5.92 Å². The summed E-state index contributed by atoms with van der Waals surface area (Å²) in [6, 6.07) is 6.69. The number of anilines is 1. The van der Waals surface area contributed by atoms with Gasteiger partial charge < -0.3 is 15.1 Å². The molecule has 2 N–H and O–H groups in total. The molecule has 3 rings (SSSR count). The standard InChI is InChI=1S/C15H16N2O3S/c18-14(11-5-2-8-20-11)17-13-7-6-12(21-13)15(19)16-9-10-3-1-4-10/h2,5-8,10H,1,3-4,9H2,(H,16,19)(H,17,18). The summed E-state index contributed by atoms with van der Waals surface area (Å²) in [6.45, 7) is 0.741. The molecule has 1 fully saturated rings. The molecule has 0 saturated heterocycles. The van der Waals surface area contributed by atoms with Gasteiger partial charge in [-0.2, -0.15) is 0 Å². The fraction of sp³-hybridized carbons (Fsp3) is 0.333. The first-order chi connectivity index (χ1) is 10.2. The van der Waals surface area contributed by atoms with Crippen LogP contribution >= 0.6 is 11.3 Å². The number of hydrogen-bond donors (Lipinski definition) is 2. The van der Waals surface area contributed by atoms with Crippen molar-refractivity contribution < 1.29 is 14.0 Å². The topological polar surface area (TPSA) is 71.3 Å². The van der Waals surface area contributed by atoms with Crippen molar-refractivity contribution in [3.05, 3.63) is 41.2 Å². The highest BCUT2D eigenvalue weighted by molar-refractivity contribution is 7.18. The van der Waals surface area contributed by atoms with Crippen LogP contribution in [0.1, 0.15) is 39.5 Å². The zero-order valence-corrected chi connectivity index (χ0v) is 12.2. The molecule has 1 saturated carbocycles. The minimum atomic E-state index is -0.316. The van der Waals surface area contributed by atoms with Gasteiger partial charge in [0.2, 0.25) is 0 Å². The lowest BCUT2D eigenvalue weighted by Crippen LogP contribution is -2.31. The highest BCUT2D eigenvalue weighted by Crippen LogP contribution is 2.26. The molecule has 0 atom stereocenters. The summed E-state index contributed by atoms with van der Waals surface area (Å²) in [7, 11) is 0. The fourth-order valence-electron chi connectivity index (χ4n) is 2.13. The maximum Gasteiger partial charge on any atom is 0.291 e. The first kappa shape index (κ1) is 13.9. The van der Waals surface area contributed by atoms with Crippen LogP contribution in [0.25, 0.3) is 0 Å². The molecule has 6 heteroatoms. The zero-order valence-electron chi connectivity index (χ0n) is 11.4. The van der Waals surface area contributed by atoms with Gasteiger partial charge in [0.25, 0.3) is 11.8 Å². The normalized spacial score (nSPS) is 14.5. The molecular weight excluding hydrogens is 288 g/mol. The summed E-state index contributed by atoms with van der Waals surface area (Å²) in [5, 5.41) is 6.28. The molecule has 2 heterocycles. The molecule has 0 unspecified atom stereocenters. The summed E-state index contributed by atoms with van der Waals surface area (Å²) >= 11 is 1.26. The lowest BCUT2D eigenvalue weighted by atomic mass is 9.85. The summed E-state index contributed by atoms with van der Waals surface area (Å²) in [4.78, 5) is 24.4. The molecule has 0 aliphatic heterocycles. The molecular formula is C15H16N2O3S. The molecule has 2 aromatic heterocycles. The van der Waals surface area contributed by atoms with Gasteiger partial charge >= 0.3 is 0 Å². The number of thiophene rings is 1. The van der Waals surface area contributed by atoms with Crippen LogP contribution in [0.2, 0.25) is 0 Å². The van der Waals surface area contributed by atoms with Crippen LogP contribution in [0.4, 0.5) is 5.00 Å². The van der Waals surface area contributed by atoms with Gasteiger partial charge in [-0.3, -0.25) is 9.59 Å². The second-order valence-corrected chi connectivity index (χ2v) is 6.19. The molecule has 2 amide bonds. The molecule has 2 aromatic rings. The van der Waals surface area contributed by atoms with Gasteiger partial charge in [0, 0.05) is 6.54 Å². The van der Waals surface area contributed by atoms with Crippen LogP contribution in [0.5, 0.6) is 0 Å². The average Bonchev–Trinajstić information content (AvgIpc) is 3.07. The van der Waals surface area contributed by atoms with Gasteiger partial charge in [-0.05, 0) is 43.0 Å². The van der Waals surface area contributed by atoms with Gasteiger partial charge in [-0.1, -0.05) is 6.42 Å². The highest BCUT2D eigenvalue weighted by Gasteiger charge is 2.19. The van der Waals surface area contributed by atoms with E-state index in [4.69, 9.17) is 4.42 Å². The Hall–Kier alpha value is -2.08. The zero-order chi connectivity index (χ0) is 14.7. The maximum absolute atomic E-state index is 12.0. The van der Waals surface area contributed by atoms with Gasteiger partial charge in [0.15, 0.2) is 5.76 Å². The lowest BCUT2D eigenvalue weighted by Gasteiger charge is -2.25. The molecule has 21 heavy (non-hydrogen) atoms. The SMILES string of the molecule is O=C(Nc1ccc(C(=O)NCC2CCC2)s1)c1ccco1. The first-order valence-electron chi connectivity index (χ1n) is 6.95. The van der Waals surface area contributed by atoms with Gasteiger partial charge in [-0.25, -0.2) is 0 Å². The Bertz CT molecular complexity index is 629. The van der Waals surface area contributed by atoms with Crippen molar-refractivity contribution in [1.82, 2.24) is 5.32 Å². The number of rotatable bonds is 5. The van der Waals surface area contributed by atoms with Gasteiger partial charge in [-0.15, -0.1) is 11.3 Å². The van der Waals surface area contributed by atoms with E-state index in [9.17, 15) is 9.59 Å². The van der Waals surface area contributed by atoms with Crippen LogP contribution in [-0.4, -0.2) is 18.4 Å². The average molecular weight is 304 g/mol. The predicted octanol–water partition coefficient (Wildman–Crippen LogP) is 3.12. The van der Waals surface area contributed by atoms with E-state index >= 15 is 0 Å². The molecule has 1 aliphatic carbocycles. The smallest absolute Gasteiger partial charge is 0.291 e. The lowest BCUT2D eigenvalue weighted by molar-refractivity contribution is 0.0942. The van der Waals surface area contributed by atoms with Crippen LogP contribution in [-0.2, 0) is 0 Å². The van der Waals surface area contributed by atoms with Crippen molar-refractivity contribution >= 4 is 28.2 Å². The Balaban J connectivity index is 1.55. The second-order valence-electron chi connectivity index (χ2n) is 5.10. The summed E-state index contributed by atoms with van der Waals surface area (Å²) < 4.78 is 5.02. The Labute approximate surface area is 126 Å². The molecule has 0 aromatic carbocycles. The van der Waals surface area contributed by atoms with Crippen molar-refractivity contribution in [3.63, 3.8) is 0 Å². The number of hydrogen-bond acceptors (Lipinski definition) is 4. The maximum atomic E-state index is 12.0. The molecule has 110 valence electrons. The Morgan fingerprint density at radius 2 is 2.10 bits per heavy atom. The predicted molar refractivity (Wildman–Crippen MR) is 80.7 cm³/mol. The number of carbonyl (C=O) groups is 2. The largest absolute Gasteiger partial charge is 0.459 e. The van der Waals surface area contributed by atoms with E-state index in [1.807, 2.05) is 0 Å². The third-order valence-corrected chi connectivity index (χ3v) is 4.59. The van der Waals surface area contributed by atoms with E-state index in [-0.39, 0.29) is 17.6 Å². The van der Waals surface area contributed by atoms with E-state index in [2.05, 4.69) is 10.6 Å². The Morgan fingerprint density at radius 3 is 2.76 bits per heavy atom. The first-order valence-corrected chi connectivity index (χ1v) is 7.77. The van der Waals surface area contributed by atoms with E-state index in [1.54, 1.807) is 24.3 Å². The number of amides is 2. The van der Waals surface area contributed by atoms with Crippen molar-refractivity contribution in [3.8, 4) is 0 Å². The Kier molecular flexibility index (Phi) is 4.06. The minimum Gasteiger partial charge on any atom is -0.459 e. The van der Waals surface area contributed by atoms with Crippen molar-refractivity contribution in [1.29, 1.82) is 0 Å². The quantitative estimate of drug-likeness (QED) is 0.891. The van der Waals surface area contributed by atoms with Crippen LogP contribution < -0.4 is 10.6 Å². The summed E-state index contributed by atoms with van der Waals surface area (Å²) in [6.07, 6.45) is 5.12. The van der Waals surface area contributed by atoms with Crippen LogP contribution in [0.3, 0.4) is 0 Å². The molecule has 0 spiro atoms. The molecule has 0 bridgehead atoms. The summed E-state index contributed by atoms with van der Waals surface area (Å²) in [5.41, 5.74) is 0. The highest BCUT2D eigenvalue weighted by atomic mass is 32.1. The fourth-order valence-corrected chi connectivity index (χ4v) is 2.95. The summed E-state index contributed by atoms with van der Waals surface area (Å²) in [5.74, 6) is 0.486. The van der Waals surface area contributed by atoms with Gasteiger partial charge in [0.1, 0.15) is 0 Å². The van der Waals surface area contributed by atoms with Crippen LogP contribution in [0.15, 0.2) is 34.9 Å². The van der Waals surface area contributed by atoms with Crippen molar-refractivity contribution in [2.45, 2.75) is 19.3 Å². The third kappa shape index (κ3) is 3.33. The van der Waals surface area contributed by atoms with Gasteiger partial charge in [0.05, 0.1) is 16.1 Å².